The largest absolute Gasteiger partial charge is 0.454 e. The summed E-state index contributed by atoms with van der Waals surface area (Å²) in [5, 5.41) is 0. The molecule has 3 aromatic carbocycles. The minimum atomic E-state index is -0.416. The van der Waals surface area contributed by atoms with Crippen LogP contribution in [0.25, 0.3) is 10.2 Å². The molecule has 0 N–H and O–H groups in total. The number of carbonyl (C=O) groups excluding carboxylic acids is 2. The predicted octanol–water partition coefficient (Wildman–Crippen LogP) is 4.04. The third-order valence-electron chi connectivity index (χ3n) is 5.05. The van der Waals surface area contributed by atoms with Gasteiger partial charge in [0.2, 0.25) is 6.79 Å². The number of hydrogen-bond acceptors (Lipinski definition) is 5. The zero-order chi connectivity index (χ0) is 22.1. The van der Waals surface area contributed by atoms with E-state index >= 15 is 0 Å². The maximum Gasteiger partial charge on any atom is 0.279 e. The van der Waals surface area contributed by atoms with Crippen LogP contribution in [-0.2, 0) is 6.54 Å². The molecule has 1 aliphatic heterocycles. The van der Waals surface area contributed by atoms with E-state index in [0.29, 0.717) is 33.0 Å². The molecule has 2 heterocycles. The smallest absolute Gasteiger partial charge is 0.279 e. The number of terminal acetylenes is 1. The average molecular weight is 440 g/mol. The van der Waals surface area contributed by atoms with Crippen molar-refractivity contribution in [3.05, 3.63) is 88.2 Å². The summed E-state index contributed by atoms with van der Waals surface area (Å²) >= 11 is 1.35. The van der Waals surface area contributed by atoms with Crippen molar-refractivity contribution in [1.29, 1.82) is 0 Å². The van der Waals surface area contributed by atoms with Gasteiger partial charge in [-0.25, -0.2) is 0 Å². The number of thiazole rings is 1. The van der Waals surface area contributed by atoms with Crippen molar-refractivity contribution >= 4 is 33.2 Å². The first-order valence-electron chi connectivity index (χ1n) is 9.79. The summed E-state index contributed by atoms with van der Waals surface area (Å²) in [5.41, 5.74) is 2.31. The van der Waals surface area contributed by atoms with Crippen LogP contribution >= 0.6 is 11.3 Å². The van der Waals surface area contributed by atoms with E-state index in [2.05, 4.69) is 10.9 Å². The second kappa shape index (κ2) is 8.17. The number of fused-ring (bicyclic) bond motifs is 2. The van der Waals surface area contributed by atoms with E-state index in [9.17, 15) is 9.59 Å². The molecule has 0 radical (unpaired) electrons. The van der Waals surface area contributed by atoms with E-state index in [4.69, 9.17) is 15.9 Å². The fourth-order valence-electron chi connectivity index (χ4n) is 3.46. The molecule has 4 aromatic rings. The Morgan fingerprint density at radius 1 is 0.969 bits per heavy atom. The molecular weight excluding hydrogens is 424 g/mol. The summed E-state index contributed by atoms with van der Waals surface area (Å²) in [6.07, 6.45) is 5.55. The second-order valence-corrected chi connectivity index (χ2v) is 8.05. The lowest BCUT2D eigenvalue weighted by atomic mass is 10.0. The number of rotatable bonds is 4. The molecule has 0 bridgehead atoms. The van der Waals surface area contributed by atoms with E-state index in [0.717, 1.165) is 10.2 Å². The van der Waals surface area contributed by atoms with Gasteiger partial charge in [-0.2, -0.15) is 4.99 Å². The molecule has 0 saturated carbocycles. The molecular formula is C25H16N2O4S. The van der Waals surface area contributed by atoms with Gasteiger partial charge >= 0.3 is 0 Å². The van der Waals surface area contributed by atoms with Gasteiger partial charge in [0.25, 0.3) is 5.91 Å². The number of carbonyl (C=O) groups is 2. The summed E-state index contributed by atoms with van der Waals surface area (Å²) in [6.45, 7) is 0.441. The third kappa shape index (κ3) is 3.57. The number of amides is 1. The SMILES string of the molecule is C#CCn1c(=NC(=O)c2ccc(C(=O)c3ccccc3)cc2)sc2cc3c(cc21)OCO3. The van der Waals surface area contributed by atoms with Crippen molar-refractivity contribution < 1.29 is 19.1 Å². The molecule has 1 aliphatic rings. The van der Waals surface area contributed by atoms with Gasteiger partial charge in [0.05, 0.1) is 16.8 Å². The van der Waals surface area contributed by atoms with Crippen molar-refractivity contribution in [3.8, 4) is 23.8 Å². The second-order valence-electron chi connectivity index (χ2n) is 7.04. The van der Waals surface area contributed by atoms with Crippen LogP contribution in [0.5, 0.6) is 11.5 Å². The highest BCUT2D eigenvalue weighted by molar-refractivity contribution is 7.16. The van der Waals surface area contributed by atoms with Crippen LogP contribution in [0.2, 0.25) is 0 Å². The van der Waals surface area contributed by atoms with Crippen molar-refractivity contribution in [2.75, 3.05) is 6.79 Å². The van der Waals surface area contributed by atoms with Crippen LogP contribution in [0, 0.1) is 12.3 Å². The third-order valence-corrected chi connectivity index (χ3v) is 6.09. The van der Waals surface area contributed by atoms with E-state index in [1.54, 1.807) is 41.0 Å². The van der Waals surface area contributed by atoms with Crippen molar-refractivity contribution in [2.45, 2.75) is 6.54 Å². The Kier molecular flexibility index (Phi) is 5.06. The number of ketones is 1. The topological polar surface area (TPSA) is 69.9 Å². The zero-order valence-corrected chi connectivity index (χ0v) is 17.6. The first-order chi connectivity index (χ1) is 15.6. The van der Waals surface area contributed by atoms with Gasteiger partial charge < -0.3 is 14.0 Å². The maximum atomic E-state index is 12.8. The molecule has 0 saturated heterocycles. The molecule has 0 fully saturated rings. The number of ether oxygens (including phenoxy) is 2. The Morgan fingerprint density at radius 3 is 2.34 bits per heavy atom. The van der Waals surface area contributed by atoms with E-state index < -0.39 is 5.91 Å². The van der Waals surface area contributed by atoms with Gasteiger partial charge in [0.15, 0.2) is 22.1 Å². The predicted molar refractivity (Wildman–Crippen MR) is 121 cm³/mol. The first-order valence-corrected chi connectivity index (χ1v) is 10.6. The van der Waals surface area contributed by atoms with Crippen LogP contribution in [0.4, 0.5) is 0 Å². The minimum absolute atomic E-state index is 0.101. The Hall–Kier alpha value is -4.15. The Morgan fingerprint density at radius 2 is 1.62 bits per heavy atom. The summed E-state index contributed by atoms with van der Waals surface area (Å²) < 4.78 is 13.6. The van der Waals surface area contributed by atoms with E-state index in [-0.39, 0.29) is 19.1 Å². The summed E-state index contributed by atoms with van der Waals surface area (Å²) in [5.74, 6) is 3.38. The normalized spacial score (nSPS) is 12.7. The Bertz CT molecular complexity index is 1460. The van der Waals surface area contributed by atoms with Crippen molar-refractivity contribution in [1.82, 2.24) is 4.57 Å². The highest BCUT2D eigenvalue weighted by Gasteiger charge is 2.18. The van der Waals surface area contributed by atoms with E-state index in [1.165, 1.54) is 11.3 Å². The van der Waals surface area contributed by atoms with Crippen LogP contribution < -0.4 is 14.3 Å². The fraction of sp³-hybridized carbons (Fsp3) is 0.0800. The number of nitrogens with zero attached hydrogens (tertiary/aromatic N) is 2. The Balaban J connectivity index is 1.48. The number of aromatic nitrogens is 1. The van der Waals surface area contributed by atoms with Gasteiger partial charge in [-0.05, 0) is 12.1 Å². The fourth-order valence-corrected chi connectivity index (χ4v) is 4.50. The lowest BCUT2D eigenvalue weighted by Crippen LogP contribution is -2.16. The Labute approximate surface area is 187 Å². The van der Waals surface area contributed by atoms with Crippen LogP contribution in [0.3, 0.4) is 0 Å². The molecule has 0 spiro atoms. The van der Waals surface area contributed by atoms with Crippen LogP contribution in [-0.4, -0.2) is 23.1 Å². The molecule has 6 nitrogen and oxygen atoms in total. The first kappa shape index (κ1) is 19.8. The lowest BCUT2D eigenvalue weighted by molar-refractivity contribution is 0.0994. The molecule has 0 atom stereocenters. The molecule has 32 heavy (non-hydrogen) atoms. The highest BCUT2D eigenvalue weighted by atomic mass is 32.1. The quantitative estimate of drug-likeness (QED) is 0.355. The summed E-state index contributed by atoms with van der Waals surface area (Å²) in [7, 11) is 0. The molecule has 156 valence electrons. The van der Waals surface area contributed by atoms with E-state index in [1.807, 2.05) is 30.3 Å². The molecule has 1 amide bonds. The van der Waals surface area contributed by atoms with Gasteiger partial charge in [-0.3, -0.25) is 9.59 Å². The maximum absolute atomic E-state index is 12.8. The van der Waals surface area contributed by atoms with Crippen LogP contribution in [0.1, 0.15) is 26.3 Å². The molecule has 7 heteroatoms. The number of hydrogen-bond donors (Lipinski definition) is 0. The van der Waals surface area contributed by atoms with Gasteiger partial charge in [0.1, 0.15) is 0 Å². The van der Waals surface area contributed by atoms with Crippen molar-refractivity contribution in [3.63, 3.8) is 0 Å². The minimum Gasteiger partial charge on any atom is -0.454 e. The molecule has 0 unspecified atom stereocenters. The molecule has 1 aromatic heterocycles. The molecule has 0 aliphatic carbocycles. The van der Waals surface area contributed by atoms with Gasteiger partial charge in [-0.1, -0.05) is 59.7 Å². The standard InChI is InChI=1S/C25H16N2O4S/c1-2-12-27-19-13-20-21(31-15-30-20)14-22(19)32-25(27)26-24(29)18-10-8-17(9-11-18)23(28)16-6-4-3-5-7-16/h1,3-11,13-14H,12,15H2. The monoisotopic (exact) mass is 440 g/mol. The van der Waals surface area contributed by atoms with Gasteiger partial charge in [0, 0.05) is 28.8 Å². The molecule has 5 rings (SSSR count). The van der Waals surface area contributed by atoms with Crippen LogP contribution in [0.15, 0.2) is 71.7 Å². The highest BCUT2D eigenvalue weighted by Crippen LogP contribution is 2.36. The van der Waals surface area contributed by atoms with Crippen molar-refractivity contribution in [2.24, 2.45) is 4.99 Å². The average Bonchev–Trinajstić information content (AvgIpc) is 3.42. The summed E-state index contributed by atoms with van der Waals surface area (Å²) in [6, 6.07) is 19.2. The zero-order valence-electron chi connectivity index (χ0n) is 16.8. The number of benzene rings is 3. The lowest BCUT2D eigenvalue weighted by Gasteiger charge is -2.03. The summed E-state index contributed by atoms with van der Waals surface area (Å²) in [4.78, 5) is 30.2. The van der Waals surface area contributed by atoms with Gasteiger partial charge in [-0.15, -0.1) is 6.42 Å².